The Morgan fingerprint density at radius 1 is 1.04 bits per heavy atom. The predicted octanol–water partition coefficient (Wildman–Crippen LogP) is 3.22. The molecule has 0 spiro atoms. The minimum atomic E-state index is -0.369. The largest absolute Gasteiger partial charge is 0.462 e. The number of anilines is 2. The van der Waals surface area contributed by atoms with Crippen LogP contribution in [0, 0.1) is 6.92 Å². The number of hydrogen-bond acceptors (Lipinski definition) is 4. The molecule has 0 bridgehead atoms. The molecule has 1 amide bonds. The Kier molecular flexibility index (Phi) is 5.74. The molecule has 0 saturated heterocycles. The second-order valence-electron chi connectivity index (χ2n) is 5.07. The molecule has 0 radical (unpaired) electrons. The first-order chi connectivity index (χ1) is 11.1. The molecular weight excluding hydrogens is 292 g/mol. The molecule has 0 heterocycles. The van der Waals surface area contributed by atoms with Crippen LogP contribution in [0.5, 0.6) is 0 Å². The Hall–Kier alpha value is -2.82. The van der Waals surface area contributed by atoms with Gasteiger partial charge in [-0.05, 0) is 55.8 Å². The van der Waals surface area contributed by atoms with Gasteiger partial charge in [0, 0.05) is 11.4 Å². The summed E-state index contributed by atoms with van der Waals surface area (Å²) in [5.74, 6) is -0.526. The molecular formula is C18H20N2O3. The first kappa shape index (κ1) is 16.5. The van der Waals surface area contributed by atoms with Gasteiger partial charge in [-0.2, -0.15) is 0 Å². The van der Waals surface area contributed by atoms with Crippen molar-refractivity contribution in [2.75, 3.05) is 23.8 Å². The predicted molar refractivity (Wildman–Crippen MR) is 90.7 cm³/mol. The van der Waals surface area contributed by atoms with Crippen LogP contribution < -0.4 is 10.6 Å². The molecule has 0 unspecified atom stereocenters. The number of hydrogen-bond donors (Lipinski definition) is 2. The highest BCUT2D eigenvalue weighted by Crippen LogP contribution is 2.12. The van der Waals surface area contributed by atoms with Crippen molar-refractivity contribution in [1.29, 1.82) is 0 Å². The summed E-state index contributed by atoms with van der Waals surface area (Å²) in [4.78, 5) is 23.5. The molecule has 0 aromatic heterocycles. The lowest BCUT2D eigenvalue weighted by Crippen LogP contribution is -2.21. The monoisotopic (exact) mass is 312 g/mol. The fourth-order valence-corrected chi connectivity index (χ4v) is 2.05. The van der Waals surface area contributed by atoms with Crippen LogP contribution in [-0.2, 0) is 9.53 Å². The molecule has 5 nitrogen and oxygen atoms in total. The molecule has 0 aliphatic heterocycles. The van der Waals surface area contributed by atoms with Crippen molar-refractivity contribution in [3.8, 4) is 0 Å². The van der Waals surface area contributed by atoms with E-state index in [2.05, 4.69) is 10.6 Å². The fourth-order valence-electron chi connectivity index (χ4n) is 2.05. The summed E-state index contributed by atoms with van der Waals surface area (Å²) in [5, 5.41) is 5.84. The highest BCUT2D eigenvalue weighted by atomic mass is 16.5. The summed E-state index contributed by atoms with van der Waals surface area (Å²) >= 11 is 0. The van der Waals surface area contributed by atoms with Crippen LogP contribution in [-0.4, -0.2) is 25.0 Å². The summed E-state index contributed by atoms with van der Waals surface area (Å²) in [6.45, 7) is 4.26. The molecule has 2 aromatic rings. The SMILES string of the molecule is CCOC(=O)c1ccc(NC(=O)CNc2cccc(C)c2)cc1. The lowest BCUT2D eigenvalue weighted by Gasteiger charge is -2.09. The van der Waals surface area contributed by atoms with Crippen LogP contribution >= 0.6 is 0 Å². The third-order valence-electron chi connectivity index (χ3n) is 3.15. The van der Waals surface area contributed by atoms with Crippen LogP contribution in [0.1, 0.15) is 22.8 Å². The van der Waals surface area contributed by atoms with Crippen molar-refractivity contribution in [3.63, 3.8) is 0 Å². The van der Waals surface area contributed by atoms with Gasteiger partial charge in [-0.1, -0.05) is 12.1 Å². The van der Waals surface area contributed by atoms with E-state index in [0.29, 0.717) is 17.9 Å². The molecule has 0 aliphatic carbocycles. The maximum absolute atomic E-state index is 11.9. The normalized spacial score (nSPS) is 10.0. The Morgan fingerprint density at radius 3 is 2.43 bits per heavy atom. The first-order valence-corrected chi connectivity index (χ1v) is 7.46. The van der Waals surface area contributed by atoms with Gasteiger partial charge >= 0.3 is 5.97 Å². The molecule has 0 fully saturated rings. The average molecular weight is 312 g/mol. The zero-order valence-corrected chi connectivity index (χ0v) is 13.3. The van der Waals surface area contributed by atoms with E-state index in [9.17, 15) is 9.59 Å². The van der Waals surface area contributed by atoms with E-state index in [0.717, 1.165) is 11.3 Å². The molecule has 120 valence electrons. The molecule has 0 atom stereocenters. The molecule has 0 aliphatic rings. The Balaban J connectivity index is 1.86. The van der Waals surface area contributed by atoms with E-state index >= 15 is 0 Å². The summed E-state index contributed by atoms with van der Waals surface area (Å²) in [6, 6.07) is 14.4. The van der Waals surface area contributed by atoms with Gasteiger partial charge in [-0.15, -0.1) is 0 Å². The quantitative estimate of drug-likeness (QED) is 0.804. The minimum Gasteiger partial charge on any atom is -0.462 e. The van der Waals surface area contributed by atoms with Crippen LogP contribution in [0.2, 0.25) is 0 Å². The molecule has 0 saturated carbocycles. The van der Waals surface area contributed by atoms with Crippen LogP contribution in [0.25, 0.3) is 0 Å². The number of rotatable bonds is 6. The van der Waals surface area contributed by atoms with E-state index in [4.69, 9.17) is 4.74 Å². The minimum absolute atomic E-state index is 0.157. The molecule has 2 aromatic carbocycles. The van der Waals surface area contributed by atoms with Gasteiger partial charge in [-0.25, -0.2) is 4.79 Å². The number of amides is 1. The van der Waals surface area contributed by atoms with Crippen molar-refractivity contribution in [3.05, 3.63) is 59.7 Å². The molecule has 2 rings (SSSR count). The maximum Gasteiger partial charge on any atom is 0.338 e. The van der Waals surface area contributed by atoms with Crippen LogP contribution in [0.15, 0.2) is 48.5 Å². The first-order valence-electron chi connectivity index (χ1n) is 7.46. The number of carbonyl (C=O) groups is 2. The van der Waals surface area contributed by atoms with Crippen LogP contribution in [0.3, 0.4) is 0 Å². The number of aryl methyl sites for hydroxylation is 1. The summed E-state index contributed by atoms with van der Waals surface area (Å²) in [5.41, 5.74) is 3.12. The van der Waals surface area contributed by atoms with E-state index < -0.39 is 0 Å². The lowest BCUT2D eigenvalue weighted by molar-refractivity contribution is -0.114. The molecule has 2 N–H and O–H groups in total. The van der Waals surface area contributed by atoms with E-state index in [1.807, 2.05) is 31.2 Å². The highest BCUT2D eigenvalue weighted by Gasteiger charge is 2.07. The summed E-state index contributed by atoms with van der Waals surface area (Å²) in [7, 11) is 0. The third kappa shape index (κ3) is 5.14. The highest BCUT2D eigenvalue weighted by molar-refractivity contribution is 5.95. The fraction of sp³-hybridized carbons (Fsp3) is 0.222. The average Bonchev–Trinajstić information content (AvgIpc) is 2.54. The topological polar surface area (TPSA) is 67.4 Å². The second kappa shape index (κ2) is 7.98. The van der Waals surface area contributed by atoms with Gasteiger partial charge < -0.3 is 15.4 Å². The van der Waals surface area contributed by atoms with Crippen molar-refractivity contribution in [2.24, 2.45) is 0 Å². The summed E-state index contributed by atoms with van der Waals surface area (Å²) in [6.07, 6.45) is 0. The van der Waals surface area contributed by atoms with Crippen molar-refractivity contribution < 1.29 is 14.3 Å². The molecule has 5 heteroatoms. The second-order valence-corrected chi connectivity index (χ2v) is 5.07. The van der Waals surface area contributed by atoms with Gasteiger partial charge in [0.25, 0.3) is 0 Å². The van der Waals surface area contributed by atoms with Gasteiger partial charge in [0.1, 0.15) is 0 Å². The van der Waals surface area contributed by atoms with Crippen molar-refractivity contribution in [2.45, 2.75) is 13.8 Å². The lowest BCUT2D eigenvalue weighted by atomic mass is 10.2. The van der Waals surface area contributed by atoms with Crippen LogP contribution in [0.4, 0.5) is 11.4 Å². The Labute approximate surface area is 135 Å². The number of nitrogens with one attached hydrogen (secondary N) is 2. The van der Waals surface area contributed by atoms with E-state index in [1.54, 1.807) is 31.2 Å². The standard InChI is InChI=1S/C18H20N2O3/c1-3-23-18(22)14-7-9-15(10-8-14)20-17(21)12-19-16-6-4-5-13(2)11-16/h4-11,19H,3,12H2,1-2H3,(H,20,21). The third-order valence-corrected chi connectivity index (χ3v) is 3.15. The molecule has 23 heavy (non-hydrogen) atoms. The Morgan fingerprint density at radius 2 is 1.78 bits per heavy atom. The van der Waals surface area contributed by atoms with E-state index in [1.165, 1.54) is 0 Å². The summed E-state index contributed by atoms with van der Waals surface area (Å²) < 4.78 is 4.91. The smallest absolute Gasteiger partial charge is 0.338 e. The number of ether oxygens (including phenoxy) is 1. The Bertz CT molecular complexity index is 681. The zero-order chi connectivity index (χ0) is 16.7. The van der Waals surface area contributed by atoms with E-state index in [-0.39, 0.29) is 18.4 Å². The van der Waals surface area contributed by atoms with Gasteiger partial charge in [-0.3, -0.25) is 4.79 Å². The zero-order valence-electron chi connectivity index (χ0n) is 13.3. The maximum atomic E-state index is 11.9. The number of benzene rings is 2. The van der Waals surface area contributed by atoms with Crippen molar-refractivity contribution in [1.82, 2.24) is 0 Å². The van der Waals surface area contributed by atoms with Gasteiger partial charge in [0.2, 0.25) is 5.91 Å². The van der Waals surface area contributed by atoms with Crippen molar-refractivity contribution >= 4 is 23.3 Å². The van der Waals surface area contributed by atoms with Gasteiger partial charge in [0.05, 0.1) is 18.7 Å². The number of carbonyl (C=O) groups excluding carboxylic acids is 2. The van der Waals surface area contributed by atoms with Gasteiger partial charge in [0.15, 0.2) is 0 Å². The number of esters is 1.